The summed E-state index contributed by atoms with van der Waals surface area (Å²) >= 11 is 0. The molecule has 2 fully saturated rings. The summed E-state index contributed by atoms with van der Waals surface area (Å²) < 4.78 is 4.91. The fourth-order valence-electron chi connectivity index (χ4n) is 3.42. The summed E-state index contributed by atoms with van der Waals surface area (Å²) in [4.78, 5) is 17.0. The standard InChI is InChI=1S/C15H29N3O2/c1-15(16-2,14(19)20-3)7-11-17-8-5-10-18-9-4-6-13(18)12-17/h13,16H,4-12H2,1-3H3. The molecular formula is C15H29N3O2. The number of ether oxygens (including phenoxy) is 1. The average molecular weight is 283 g/mol. The Morgan fingerprint density at radius 1 is 1.35 bits per heavy atom. The first kappa shape index (κ1) is 15.7. The quantitative estimate of drug-likeness (QED) is 0.753. The van der Waals surface area contributed by atoms with Crippen LogP contribution in [0.5, 0.6) is 0 Å². The van der Waals surface area contributed by atoms with Crippen molar-refractivity contribution in [2.24, 2.45) is 0 Å². The normalized spacial score (nSPS) is 27.6. The molecule has 2 rings (SSSR count). The first-order valence-electron chi connectivity index (χ1n) is 7.83. The number of nitrogens with one attached hydrogen (secondary N) is 1. The number of carbonyl (C=O) groups excluding carboxylic acids is 1. The van der Waals surface area contributed by atoms with Gasteiger partial charge >= 0.3 is 5.97 Å². The van der Waals surface area contributed by atoms with Crippen molar-refractivity contribution in [2.75, 3.05) is 46.9 Å². The van der Waals surface area contributed by atoms with Gasteiger partial charge in [0.2, 0.25) is 0 Å². The number of nitrogens with zero attached hydrogens (tertiary/aromatic N) is 2. The topological polar surface area (TPSA) is 44.8 Å². The third kappa shape index (κ3) is 3.51. The van der Waals surface area contributed by atoms with Gasteiger partial charge in [-0.25, -0.2) is 0 Å². The number of hydrogen-bond acceptors (Lipinski definition) is 5. The Bertz CT molecular complexity index is 337. The summed E-state index contributed by atoms with van der Waals surface area (Å²) in [5.41, 5.74) is -0.573. The number of carbonyl (C=O) groups is 1. The zero-order valence-electron chi connectivity index (χ0n) is 13.2. The van der Waals surface area contributed by atoms with Crippen LogP contribution >= 0.6 is 0 Å². The lowest BCUT2D eigenvalue weighted by Crippen LogP contribution is -2.50. The van der Waals surface area contributed by atoms with E-state index in [1.165, 1.54) is 39.5 Å². The Labute approximate surface area is 122 Å². The van der Waals surface area contributed by atoms with Crippen LogP contribution in [-0.2, 0) is 9.53 Å². The molecule has 2 saturated heterocycles. The van der Waals surface area contributed by atoms with E-state index >= 15 is 0 Å². The molecular weight excluding hydrogens is 254 g/mol. The smallest absolute Gasteiger partial charge is 0.325 e. The van der Waals surface area contributed by atoms with Crippen LogP contribution in [0, 0.1) is 0 Å². The molecule has 2 aliphatic rings. The third-order valence-corrected chi connectivity index (χ3v) is 5.00. The van der Waals surface area contributed by atoms with Gasteiger partial charge in [0.25, 0.3) is 0 Å². The van der Waals surface area contributed by atoms with Gasteiger partial charge in [0, 0.05) is 19.1 Å². The summed E-state index contributed by atoms with van der Waals surface area (Å²) in [6.07, 6.45) is 4.71. The predicted molar refractivity (Wildman–Crippen MR) is 79.7 cm³/mol. The Morgan fingerprint density at radius 3 is 2.80 bits per heavy atom. The SMILES string of the molecule is CNC(C)(CCN1CCCN2CCCC2C1)C(=O)OC. The fourth-order valence-corrected chi connectivity index (χ4v) is 3.42. The number of likely N-dealkylation sites (N-methyl/N-ethyl adjacent to an activating group) is 1. The molecule has 2 unspecified atom stereocenters. The summed E-state index contributed by atoms with van der Waals surface area (Å²) in [5.74, 6) is -0.169. The molecule has 116 valence electrons. The molecule has 0 aromatic carbocycles. The van der Waals surface area contributed by atoms with Crippen molar-refractivity contribution in [3.8, 4) is 0 Å². The largest absolute Gasteiger partial charge is 0.468 e. The Morgan fingerprint density at radius 2 is 2.10 bits per heavy atom. The molecule has 20 heavy (non-hydrogen) atoms. The highest BCUT2D eigenvalue weighted by molar-refractivity contribution is 5.80. The summed E-state index contributed by atoms with van der Waals surface area (Å²) in [7, 11) is 3.29. The number of hydrogen-bond donors (Lipinski definition) is 1. The van der Waals surface area contributed by atoms with E-state index in [1.807, 2.05) is 14.0 Å². The molecule has 0 saturated carbocycles. The highest BCUT2D eigenvalue weighted by Gasteiger charge is 2.34. The van der Waals surface area contributed by atoms with E-state index in [2.05, 4.69) is 15.1 Å². The lowest BCUT2D eigenvalue weighted by Gasteiger charge is -2.30. The van der Waals surface area contributed by atoms with Crippen LogP contribution in [0.1, 0.15) is 32.6 Å². The zero-order valence-corrected chi connectivity index (χ0v) is 13.2. The minimum Gasteiger partial charge on any atom is -0.468 e. The van der Waals surface area contributed by atoms with E-state index in [1.54, 1.807) is 0 Å². The van der Waals surface area contributed by atoms with Crippen LogP contribution in [0.2, 0.25) is 0 Å². The van der Waals surface area contributed by atoms with Crippen LogP contribution in [-0.4, -0.2) is 74.2 Å². The minimum absolute atomic E-state index is 0.169. The summed E-state index contributed by atoms with van der Waals surface area (Å²) in [6.45, 7) is 7.70. The molecule has 0 amide bonds. The molecule has 2 aliphatic heterocycles. The second-order valence-electron chi connectivity index (χ2n) is 6.31. The van der Waals surface area contributed by atoms with Crippen molar-refractivity contribution in [3.05, 3.63) is 0 Å². The molecule has 0 radical (unpaired) electrons. The van der Waals surface area contributed by atoms with Gasteiger partial charge in [0.15, 0.2) is 0 Å². The van der Waals surface area contributed by atoms with Crippen molar-refractivity contribution in [2.45, 2.75) is 44.2 Å². The van der Waals surface area contributed by atoms with E-state index in [4.69, 9.17) is 4.74 Å². The lowest BCUT2D eigenvalue weighted by molar-refractivity contribution is -0.148. The fraction of sp³-hybridized carbons (Fsp3) is 0.933. The first-order valence-corrected chi connectivity index (χ1v) is 7.83. The maximum absolute atomic E-state index is 11.9. The van der Waals surface area contributed by atoms with Gasteiger partial charge in [0.05, 0.1) is 7.11 Å². The van der Waals surface area contributed by atoms with Crippen LogP contribution in [0.25, 0.3) is 0 Å². The van der Waals surface area contributed by atoms with E-state index in [9.17, 15) is 4.79 Å². The predicted octanol–water partition coefficient (Wildman–Crippen LogP) is 0.698. The van der Waals surface area contributed by atoms with Crippen LogP contribution < -0.4 is 5.32 Å². The maximum Gasteiger partial charge on any atom is 0.325 e. The van der Waals surface area contributed by atoms with E-state index in [0.717, 1.165) is 32.1 Å². The molecule has 5 heteroatoms. The zero-order chi connectivity index (χ0) is 14.6. The van der Waals surface area contributed by atoms with Crippen molar-refractivity contribution in [1.82, 2.24) is 15.1 Å². The van der Waals surface area contributed by atoms with E-state index in [0.29, 0.717) is 0 Å². The maximum atomic E-state index is 11.9. The van der Waals surface area contributed by atoms with Crippen LogP contribution in [0.4, 0.5) is 0 Å². The van der Waals surface area contributed by atoms with E-state index < -0.39 is 5.54 Å². The van der Waals surface area contributed by atoms with Gasteiger partial charge in [-0.2, -0.15) is 0 Å². The number of fused-ring (bicyclic) bond motifs is 1. The van der Waals surface area contributed by atoms with Gasteiger partial charge in [-0.3, -0.25) is 9.69 Å². The molecule has 0 aromatic rings. The Hall–Kier alpha value is -0.650. The molecule has 2 atom stereocenters. The van der Waals surface area contributed by atoms with Gasteiger partial charge in [-0.15, -0.1) is 0 Å². The molecule has 2 heterocycles. The molecule has 0 spiro atoms. The lowest BCUT2D eigenvalue weighted by atomic mass is 9.97. The van der Waals surface area contributed by atoms with E-state index in [-0.39, 0.29) is 5.97 Å². The number of rotatable bonds is 5. The second-order valence-corrected chi connectivity index (χ2v) is 6.31. The van der Waals surface area contributed by atoms with Gasteiger partial charge < -0.3 is 15.0 Å². The first-order chi connectivity index (χ1) is 9.59. The Balaban J connectivity index is 1.87. The monoisotopic (exact) mass is 283 g/mol. The number of methoxy groups -OCH3 is 1. The minimum atomic E-state index is -0.573. The van der Waals surface area contributed by atoms with Crippen LogP contribution in [0.15, 0.2) is 0 Å². The highest BCUT2D eigenvalue weighted by atomic mass is 16.5. The molecule has 0 aliphatic carbocycles. The highest BCUT2D eigenvalue weighted by Crippen LogP contribution is 2.22. The van der Waals surface area contributed by atoms with Crippen molar-refractivity contribution < 1.29 is 9.53 Å². The molecule has 5 nitrogen and oxygen atoms in total. The third-order valence-electron chi connectivity index (χ3n) is 5.00. The summed E-state index contributed by atoms with van der Waals surface area (Å²) in [6, 6.07) is 0.733. The van der Waals surface area contributed by atoms with Crippen LogP contribution in [0.3, 0.4) is 0 Å². The Kier molecular flexibility index (Phi) is 5.41. The van der Waals surface area contributed by atoms with Crippen molar-refractivity contribution >= 4 is 5.97 Å². The average Bonchev–Trinajstić information content (AvgIpc) is 2.81. The van der Waals surface area contributed by atoms with Gasteiger partial charge in [0.1, 0.15) is 5.54 Å². The summed E-state index contributed by atoms with van der Waals surface area (Å²) in [5, 5.41) is 3.12. The molecule has 1 N–H and O–H groups in total. The molecule has 0 bridgehead atoms. The number of esters is 1. The van der Waals surface area contributed by atoms with Gasteiger partial charge in [-0.05, 0) is 59.3 Å². The van der Waals surface area contributed by atoms with Crippen molar-refractivity contribution in [1.29, 1.82) is 0 Å². The molecule has 0 aromatic heterocycles. The van der Waals surface area contributed by atoms with Gasteiger partial charge in [-0.1, -0.05) is 0 Å². The second kappa shape index (κ2) is 6.87. The van der Waals surface area contributed by atoms with Crippen molar-refractivity contribution in [3.63, 3.8) is 0 Å².